The average molecular weight is 383 g/mol. The topological polar surface area (TPSA) is 128 Å². The Morgan fingerprint density at radius 2 is 1.93 bits per heavy atom. The Labute approximate surface area is 162 Å². The van der Waals surface area contributed by atoms with Crippen LogP contribution in [0.4, 0.5) is 0 Å². The lowest BCUT2D eigenvalue weighted by Gasteiger charge is -2.28. The molecule has 8 heteroatoms. The number of benzene rings is 1. The third-order valence-corrected chi connectivity index (χ3v) is 4.02. The summed E-state index contributed by atoms with van der Waals surface area (Å²) in [4.78, 5) is 35.0. The van der Waals surface area contributed by atoms with Gasteiger partial charge >= 0.3 is 0 Å². The predicted octanol–water partition coefficient (Wildman–Crippen LogP) is -0.448. The first-order valence-corrected chi connectivity index (χ1v) is 8.56. The summed E-state index contributed by atoms with van der Waals surface area (Å²) in [7, 11) is 0. The molecule has 1 saturated heterocycles. The molecule has 3 amide bonds. The van der Waals surface area contributed by atoms with Gasteiger partial charge in [0.2, 0.25) is 5.91 Å². The molecule has 2 rings (SSSR count). The zero-order valence-corrected chi connectivity index (χ0v) is 15.5. The minimum absolute atomic E-state index is 0.00980. The van der Waals surface area contributed by atoms with Crippen LogP contribution in [0.3, 0.4) is 0 Å². The summed E-state index contributed by atoms with van der Waals surface area (Å²) >= 11 is 0. The predicted molar refractivity (Wildman–Crippen MR) is 99.7 cm³/mol. The normalized spacial score (nSPS) is 16.6. The monoisotopic (exact) mass is 383 g/mol. The van der Waals surface area contributed by atoms with E-state index in [1.807, 2.05) is 0 Å². The zero-order chi connectivity index (χ0) is 20.7. The molecule has 1 aliphatic rings. The van der Waals surface area contributed by atoms with E-state index in [1.54, 1.807) is 12.1 Å². The van der Waals surface area contributed by atoms with E-state index >= 15 is 0 Å². The minimum Gasteiger partial charge on any atom is -0.388 e. The summed E-state index contributed by atoms with van der Waals surface area (Å²) in [5.41, 5.74) is 0.738. The van der Waals surface area contributed by atoms with Crippen molar-refractivity contribution >= 4 is 17.7 Å². The molecule has 0 bridgehead atoms. The highest BCUT2D eigenvalue weighted by molar-refractivity contribution is 5.97. The fourth-order valence-corrected chi connectivity index (χ4v) is 2.50. The van der Waals surface area contributed by atoms with Crippen molar-refractivity contribution in [2.45, 2.75) is 31.9 Å². The van der Waals surface area contributed by atoms with Gasteiger partial charge in [-0.05, 0) is 50.0 Å². The second-order valence-electron chi connectivity index (χ2n) is 6.84. The van der Waals surface area contributed by atoms with Gasteiger partial charge in [0.15, 0.2) is 0 Å². The van der Waals surface area contributed by atoms with Gasteiger partial charge in [0, 0.05) is 30.0 Å². The molecule has 5 N–H and O–H groups in total. The Morgan fingerprint density at radius 1 is 1.25 bits per heavy atom. The maximum atomic E-state index is 12.3. The van der Waals surface area contributed by atoms with Crippen molar-refractivity contribution in [1.82, 2.24) is 16.1 Å². The number of nitrogens with one attached hydrogen (secondary N) is 3. The van der Waals surface area contributed by atoms with E-state index in [2.05, 4.69) is 34.3 Å². The second kappa shape index (κ2) is 9.05. The number of rotatable bonds is 4. The fourth-order valence-electron chi connectivity index (χ4n) is 2.50. The van der Waals surface area contributed by atoms with Gasteiger partial charge in [-0.1, -0.05) is 11.8 Å². The quantitative estimate of drug-likeness (QED) is 0.273. The van der Waals surface area contributed by atoms with Crippen molar-refractivity contribution < 1.29 is 24.7 Å². The van der Waals surface area contributed by atoms with Crippen molar-refractivity contribution in [3.05, 3.63) is 35.4 Å². The minimum atomic E-state index is -1.58. The number of hydrogen-bond donors (Lipinski definition) is 5. The molecule has 0 spiro atoms. The molecule has 8 nitrogen and oxygen atoms in total. The molecule has 146 valence electrons. The summed E-state index contributed by atoms with van der Waals surface area (Å²) in [5, 5.41) is 23.8. The highest BCUT2D eigenvalue weighted by Crippen LogP contribution is 2.11. The molecule has 1 aromatic carbocycles. The highest BCUT2D eigenvalue weighted by atomic mass is 16.5. The second-order valence-corrected chi connectivity index (χ2v) is 6.84. The molecule has 1 aliphatic heterocycles. The number of hydrogen-bond acceptors (Lipinski definition) is 5. The summed E-state index contributed by atoms with van der Waals surface area (Å²) in [5.74, 6) is 9.62. The summed E-state index contributed by atoms with van der Waals surface area (Å²) in [6.07, 6.45) is 0.387. The van der Waals surface area contributed by atoms with E-state index < -0.39 is 23.5 Å². The molecule has 1 unspecified atom stereocenters. The van der Waals surface area contributed by atoms with Crippen LogP contribution in [0.15, 0.2) is 24.3 Å². The van der Waals surface area contributed by atoms with Crippen molar-refractivity contribution in [1.29, 1.82) is 0 Å². The van der Waals surface area contributed by atoms with Crippen LogP contribution < -0.4 is 16.1 Å². The van der Waals surface area contributed by atoms with Crippen LogP contribution in [0, 0.1) is 29.6 Å². The average Bonchev–Trinajstić information content (AvgIpc) is 3.07. The smallest absolute Gasteiger partial charge is 0.268 e. The summed E-state index contributed by atoms with van der Waals surface area (Å²) in [6.45, 7) is 3.21. The first-order chi connectivity index (χ1) is 13.2. The van der Waals surface area contributed by atoms with E-state index in [9.17, 15) is 19.5 Å². The third kappa shape index (κ3) is 5.85. The molecule has 2 atom stereocenters. The van der Waals surface area contributed by atoms with E-state index in [1.165, 1.54) is 31.5 Å². The number of amides is 3. The van der Waals surface area contributed by atoms with Crippen LogP contribution in [0.25, 0.3) is 0 Å². The Bertz CT molecular complexity index is 879. The lowest BCUT2D eigenvalue weighted by atomic mass is 9.97. The number of carbonyl (C=O) groups is 3. The van der Waals surface area contributed by atoms with Gasteiger partial charge in [-0.25, -0.2) is 5.48 Å². The SMILES string of the molecule is CC(C)(O)[C@H](NC(=O)c1ccc(C#CC#CC2CNC(=O)C2)cc1)C(=O)NO. The van der Waals surface area contributed by atoms with Crippen molar-refractivity contribution in [2.75, 3.05) is 6.54 Å². The van der Waals surface area contributed by atoms with Gasteiger partial charge in [-0.15, -0.1) is 0 Å². The number of carbonyl (C=O) groups excluding carboxylic acids is 3. The Balaban J connectivity index is 2.01. The highest BCUT2D eigenvalue weighted by Gasteiger charge is 2.34. The largest absolute Gasteiger partial charge is 0.388 e. The van der Waals surface area contributed by atoms with Gasteiger partial charge in [0.25, 0.3) is 11.8 Å². The van der Waals surface area contributed by atoms with E-state index in [4.69, 9.17) is 5.21 Å². The molecule has 28 heavy (non-hydrogen) atoms. The molecule has 0 aliphatic carbocycles. The van der Waals surface area contributed by atoms with E-state index in [-0.39, 0.29) is 17.4 Å². The Kier molecular flexibility index (Phi) is 6.78. The zero-order valence-electron chi connectivity index (χ0n) is 15.5. The van der Waals surface area contributed by atoms with Gasteiger partial charge in [0.05, 0.1) is 5.60 Å². The molecule has 0 saturated carbocycles. The van der Waals surface area contributed by atoms with Gasteiger partial charge < -0.3 is 15.7 Å². The van der Waals surface area contributed by atoms with Crippen LogP contribution >= 0.6 is 0 Å². The van der Waals surface area contributed by atoms with Crippen molar-refractivity contribution in [2.24, 2.45) is 5.92 Å². The molecular weight excluding hydrogens is 362 g/mol. The Morgan fingerprint density at radius 3 is 2.46 bits per heavy atom. The van der Waals surface area contributed by atoms with Crippen LogP contribution in [0.1, 0.15) is 36.2 Å². The van der Waals surface area contributed by atoms with Gasteiger partial charge in [-0.3, -0.25) is 19.6 Å². The molecule has 1 fully saturated rings. The van der Waals surface area contributed by atoms with Crippen LogP contribution in [-0.2, 0) is 9.59 Å². The number of aliphatic hydroxyl groups is 1. The molecular formula is C20H21N3O5. The maximum absolute atomic E-state index is 12.3. The maximum Gasteiger partial charge on any atom is 0.268 e. The van der Waals surface area contributed by atoms with E-state index in [0.29, 0.717) is 18.5 Å². The summed E-state index contributed by atoms with van der Waals surface area (Å²) in [6, 6.07) is 4.94. The molecule has 0 aromatic heterocycles. The lowest BCUT2D eigenvalue weighted by molar-refractivity contribution is -0.136. The van der Waals surface area contributed by atoms with Gasteiger partial charge in [-0.2, -0.15) is 0 Å². The third-order valence-electron chi connectivity index (χ3n) is 4.02. The number of hydroxylamine groups is 1. The lowest BCUT2D eigenvalue weighted by Crippen LogP contribution is -2.57. The first kappa shape index (κ1) is 21.0. The molecule has 0 radical (unpaired) electrons. The fraction of sp³-hybridized carbons (Fsp3) is 0.350. The van der Waals surface area contributed by atoms with E-state index in [0.717, 1.165) is 0 Å². The van der Waals surface area contributed by atoms with Crippen LogP contribution in [0.5, 0.6) is 0 Å². The Hall–Kier alpha value is -3.33. The molecule has 1 heterocycles. The first-order valence-electron chi connectivity index (χ1n) is 8.56. The van der Waals surface area contributed by atoms with Crippen molar-refractivity contribution in [3.63, 3.8) is 0 Å². The van der Waals surface area contributed by atoms with Gasteiger partial charge in [0.1, 0.15) is 6.04 Å². The summed E-state index contributed by atoms with van der Waals surface area (Å²) < 4.78 is 0. The van der Waals surface area contributed by atoms with Crippen LogP contribution in [0.2, 0.25) is 0 Å². The van der Waals surface area contributed by atoms with Crippen molar-refractivity contribution in [3.8, 4) is 23.7 Å². The van der Waals surface area contributed by atoms with Crippen LogP contribution in [-0.4, -0.2) is 46.2 Å². The molecule has 1 aromatic rings. The standard InChI is InChI=1S/C20H21N3O5/c1-20(2,27)17(19(26)23-28)22-18(25)15-9-7-13(8-10-15)5-3-4-6-14-11-16(24)21-12-14/h7-10,14,17,27-28H,11-12H2,1-2H3,(H,21,24)(H,22,25)(H,23,26)/t14?,17-/m1/s1.